The van der Waals surface area contributed by atoms with Gasteiger partial charge in [-0.1, -0.05) is 54.6 Å². The van der Waals surface area contributed by atoms with Crippen molar-refractivity contribution in [2.45, 2.75) is 26.4 Å². The molecule has 0 fully saturated rings. The Kier molecular flexibility index (Phi) is 5.79. The minimum atomic E-state index is -0.844. The second-order valence-electron chi connectivity index (χ2n) is 7.46. The number of hydrogen-bond acceptors (Lipinski definition) is 4. The van der Waals surface area contributed by atoms with Gasteiger partial charge in [-0.25, -0.2) is 0 Å². The first kappa shape index (κ1) is 20.1. The fraction of sp³-hybridized carbons (Fsp3) is 0.167. The molecule has 1 aliphatic rings. The number of aryl methyl sites for hydroxylation is 1. The molecule has 1 amide bonds. The normalized spacial score (nSPS) is 12.5. The van der Waals surface area contributed by atoms with E-state index in [1.807, 2.05) is 66.7 Å². The third kappa shape index (κ3) is 4.51. The Balaban J connectivity index is 1.38. The monoisotopic (exact) mass is 399 g/mol. The molecule has 0 aromatic heterocycles. The third-order valence-corrected chi connectivity index (χ3v) is 5.28. The van der Waals surface area contributed by atoms with Crippen LogP contribution in [0, 0.1) is 0 Å². The van der Waals surface area contributed by atoms with Gasteiger partial charge in [0.1, 0.15) is 0 Å². The van der Waals surface area contributed by atoms with E-state index < -0.39 is 7.12 Å². The zero-order valence-corrected chi connectivity index (χ0v) is 16.7. The first-order chi connectivity index (χ1) is 14.5. The van der Waals surface area contributed by atoms with E-state index in [1.54, 1.807) is 6.92 Å². The van der Waals surface area contributed by atoms with Crippen LogP contribution in [0.1, 0.15) is 34.8 Å². The van der Waals surface area contributed by atoms with Gasteiger partial charge in [0.2, 0.25) is 5.91 Å². The Hall–Kier alpha value is -3.22. The standard InChI is InChI=1S/C24H22BNO4/c1-16(27)18-7-9-19(10-8-18)20-3-2-4-22(14-20)26-24(28)12-6-17-5-11-23-21(13-17)15-30-25(23)29/h2-5,7-11,13-14,29H,6,12,15H2,1H3,(H,26,28). The molecular formula is C24H22BNO4. The van der Waals surface area contributed by atoms with Crippen LogP contribution < -0.4 is 10.8 Å². The van der Waals surface area contributed by atoms with Crippen LogP contribution in [0.4, 0.5) is 5.69 Å². The molecule has 0 atom stereocenters. The molecule has 1 heterocycles. The molecule has 0 spiro atoms. The van der Waals surface area contributed by atoms with E-state index in [9.17, 15) is 14.6 Å². The summed E-state index contributed by atoms with van der Waals surface area (Å²) < 4.78 is 5.21. The molecule has 0 saturated carbocycles. The number of benzene rings is 3. The van der Waals surface area contributed by atoms with Crippen molar-refractivity contribution in [1.82, 2.24) is 0 Å². The summed E-state index contributed by atoms with van der Waals surface area (Å²) in [4.78, 5) is 23.9. The molecule has 3 aromatic rings. The Morgan fingerprint density at radius 2 is 1.83 bits per heavy atom. The lowest BCUT2D eigenvalue weighted by Gasteiger charge is -2.09. The predicted octanol–water partition coefficient (Wildman–Crippen LogP) is 3.35. The van der Waals surface area contributed by atoms with Crippen molar-refractivity contribution in [1.29, 1.82) is 0 Å². The zero-order chi connectivity index (χ0) is 21.1. The smallest absolute Gasteiger partial charge is 0.423 e. The van der Waals surface area contributed by atoms with Gasteiger partial charge in [0.05, 0.1) is 6.61 Å². The molecule has 150 valence electrons. The van der Waals surface area contributed by atoms with E-state index in [4.69, 9.17) is 4.65 Å². The molecule has 2 N–H and O–H groups in total. The van der Waals surface area contributed by atoms with Crippen molar-refractivity contribution in [3.63, 3.8) is 0 Å². The number of Topliss-reactive ketones (excluding diaryl/α,β-unsaturated/α-hetero) is 1. The lowest BCUT2D eigenvalue weighted by atomic mass is 9.79. The van der Waals surface area contributed by atoms with Crippen molar-refractivity contribution in [3.8, 4) is 11.1 Å². The molecule has 0 aliphatic carbocycles. The summed E-state index contributed by atoms with van der Waals surface area (Å²) >= 11 is 0. The Labute approximate surface area is 175 Å². The molecule has 0 saturated heterocycles. The summed E-state index contributed by atoms with van der Waals surface area (Å²) in [5, 5.41) is 12.6. The molecule has 1 aliphatic heterocycles. The van der Waals surface area contributed by atoms with E-state index in [0.29, 0.717) is 25.0 Å². The number of amides is 1. The molecule has 0 bridgehead atoms. The number of anilines is 1. The molecule has 0 unspecified atom stereocenters. The van der Waals surface area contributed by atoms with E-state index >= 15 is 0 Å². The molecule has 4 rings (SSSR count). The first-order valence-corrected chi connectivity index (χ1v) is 9.92. The topological polar surface area (TPSA) is 75.6 Å². The highest BCUT2D eigenvalue weighted by atomic mass is 16.5. The molecule has 0 radical (unpaired) electrons. The van der Waals surface area contributed by atoms with Gasteiger partial charge in [0, 0.05) is 17.7 Å². The maximum atomic E-state index is 12.4. The number of ketones is 1. The molecule has 3 aromatic carbocycles. The van der Waals surface area contributed by atoms with Gasteiger partial charge < -0.3 is 15.0 Å². The van der Waals surface area contributed by atoms with E-state index in [0.717, 1.165) is 33.4 Å². The van der Waals surface area contributed by atoms with Crippen LogP contribution in [-0.4, -0.2) is 23.8 Å². The van der Waals surface area contributed by atoms with Crippen molar-refractivity contribution < 1.29 is 19.3 Å². The number of carbonyl (C=O) groups is 2. The summed E-state index contributed by atoms with van der Waals surface area (Å²) in [6, 6.07) is 20.9. The van der Waals surface area contributed by atoms with Gasteiger partial charge in [-0.05, 0) is 53.2 Å². The maximum Gasteiger partial charge on any atom is 0.491 e. The Morgan fingerprint density at radius 1 is 1.03 bits per heavy atom. The highest BCUT2D eigenvalue weighted by Crippen LogP contribution is 2.23. The van der Waals surface area contributed by atoms with Gasteiger partial charge in [0.25, 0.3) is 0 Å². The molecule has 30 heavy (non-hydrogen) atoms. The second kappa shape index (κ2) is 8.65. The van der Waals surface area contributed by atoms with Gasteiger partial charge >= 0.3 is 7.12 Å². The highest BCUT2D eigenvalue weighted by Gasteiger charge is 2.26. The Bertz CT molecular complexity index is 1090. The van der Waals surface area contributed by atoms with E-state index in [1.165, 1.54) is 0 Å². The molecule has 6 heteroatoms. The van der Waals surface area contributed by atoms with Crippen molar-refractivity contribution in [2.24, 2.45) is 0 Å². The fourth-order valence-electron chi connectivity index (χ4n) is 3.59. The summed E-state index contributed by atoms with van der Waals surface area (Å²) in [6.45, 7) is 1.95. The van der Waals surface area contributed by atoms with Crippen LogP contribution in [0.3, 0.4) is 0 Å². The number of fused-ring (bicyclic) bond motifs is 1. The summed E-state index contributed by atoms with van der Waals surface area (Å²) in [5.41, 5.74) is 6.19. The van der Waals surface area contributed by atoms with Crippen LogP contribution in [0.2, 0.25) is 0 Å². The number of carbonyl (C=O) groups excluding carboxylic acids is 2. The minimum absolute atomic E-state index is 0.0367. The van der Waals surface area contributed by atoms with Crippen LogP contribution >= 0.6 is 0 Å². The average molecular weight is 399 g/mol. The van der Waals surface area contributed by atoms with E-state index in [-0.39, 0.29) is 11.7 Å². The fourth-order valence-corrected chi connectivity index (χ4v) is 3.59. The molecule has 5 nitrogen and oxygen atoms in total. The number of rotatable bonds is 6. The van der Waals surface area contributed by atoms with Gasteiger partial charge in [-0.2, -0.15) is 0 Å². The maximum absolute atomic E-state index is 12.4. The van der Waals surface area contributed by atoms with Crippen LogP contribution in [0.25, 0.3) is 11.1 Å². The van der Waals surface area contributed by atoms with Gasteiger partial charge in [-0.15, -0.1) is 0 Å². The summed E-state index contributed by atoms with van der Waals surface area (Å²) in [6.07, 6.45) is 0.973. The van der Waals surface area contributed by atoms with Crippen molar-refractivity contribution in [2.75, 3.05) is 5.32 Å². The summed E-state index contributed by atoms with van der Waals surface area (Å²) in [7, 11) is -0.844. The average Bonchev–Trinajstić information content (AvgIpc) is 3.13. The minimum Gasteiger partial charge on any atom is -0.423 e. The third-order valence-electron chi connectivity index (χ3n) is 5.28. The predicted molar refractivity (Wildman–Crippen MR) is 118 cm³/mol. The zero-order valence-electron chi connectivity index (χ0n) is 16.7. The van der Waals surface area contributed by atoms with Crippen molar-refractivity contribution >= 4 is 30.0 Å². The molecular weight excluding hydrogens is 377 g/mol. The van der Waals surface area contributed by atoms with Crippen LogP contribution in [0.5, 0.6) is 0 Å². The van der Waals surface area contributed by atoms with Crippen LogP contribution in [0.15, 0.2) is 66.7 Å². The second-order valence-corrected chi connectivity index (χ2v) is 7.46. The lowest BCUT2D eigenvalue weighted by molar-refractivity contribution is -0.116. The lowest BCUT2D eigenvalue weighted by Crippen LogP contribution is -2.27. The van der Waals surface area contributed by atoms with E-state index in [2.05, 4.69) is 5.32 Å². The van der Waals surface area contributed by atoms with Crippen LogP contribution in [-0.2, 0) is 22.5 Å². The largest absolute Gasteiger partial charge is 0.491 e. The first-order valence-electron chi connectivity index (χ1n) is 9.92. The van der Waals surface area contributed by atoms with Gasteiger partial charge in [-0.3, -0.25) is 9.59 Å². The van der Waals surface area contributed by atoms with Gasteiger partial charge in [0.15, 0.2) is 5.78 Å². The quantitative estimate of drug-likeness (QED) is 0.493. The number of nitrogens with one attached hydrogen (secondary N) is 1. The SMILES string of the molecule is CC(=O)c1ccc(-c2cccc(NC(=O)CCc3ccc4c(c3)COB4O)c2)cc1. The Morgan fingerprint density at radius 3 is 2.60 bits per heavy atom. The number of hydrogen-bond donors (Lipinski definition) is 2. The highest BCUT2D eigenvalue weighted by molar-refractivity contribution is 6.61. The van der Waals surface area contributed by atoms with Crippen molar-refractivity contribution in [3.05, 3.63) is 83.4 Å². The summed E-state index contributed by atoms with van der Waals surface area (Å²) in [5.74, 6) is -0.0227.